The number of aromatic nitrogens is 2. The number of ether oxygens (including phenoxy) is 2. The van der Waals surface area contributed by atoms with Gasteiger partial charge >= 0.3 is 6.18 Å². The number of halogens is 3. The zero-order valence-electron chi connectivity index (χ0n) is 13.4. The van der Waals surface area contributed by atoms with E-state index >= 15 is 0 Å². The fourth-order valence-corrected chi connectivity index (χ4v) is 3.27. The van der Waals surface area contributed by atoms with E-state index in [0.717, 1.165) is 19.0 Å². The summed E-state index contributed by atoms with van der Waals surface area (Å²) < 4.78 is 50.7. The van der Waals surface area contributed by atoms with Crippen LogP contribution in [-0.4, -0.2) is 16.8 Å². The van der Waals surface area contributed by atoms with Gasteiger partial charge in [0.15, 0.2) is 11.5 Å². The zero-order valence-corrected chi connectivity index (χ0v) is 13.4. The van der Waals surface area contributed by atoms with Crippen molar-refractivity contribution in [3.8, 4) is 11.5 Å². The van der Waals surface area contributed by atoms with Gasteiger partial charge < -0.3 is 19.8 Å². The summed E-state index contributed by atoms with van der Waals surface area (Å²) in [6.45, 7) is 0.107. The topological polar surface area (TPSA) is 59.2 Å². The van der Waals surface area contributed by atoms with Crippen molar-refractivity contribution in [2.45, 2.75) is 24.9 Å². The third-order valence-corrected chi connectivity index (χ3v) is 4.58. The summed E-state index contributed by atoms with van der Waals surface area (Å²) >= 11 is 0. The summed E-state index contributed by atoms with van der Waals surface area (Å²) in [5, 5.41) is 3.29. The zero-order chi connectivity index (χ0) is 17.9. The summed E-state index contributed by atoms with van der Waals surface area (Å²) in [7, 11) is 0. The molecule has 1 aliphatic carbocycles. The number of rotatable bonds is 3. The molecule has 1 aliphatic heterocycles. The van der Waals surface area contributed by atoms with Crippen molar-refractivity contribution in [2.24, 2.45) is 0 Å². The molecule has 3 heterocycles. The van der Waals surface area contributed by atoms with E-state index in [1.807, 2.05) is 0 Å². The molecule has 1 aromatic carbocycles. The van der Waals surface area contributed by atoms with Crippen LogP contribution in [0.1, 0.15) is 29.9 Å². The highest BCUT2D eigenvalue weighted by Crippen LogP contribution is 2.47. The number of nitrogens with zero attached hydrogens (tertiary/aromatic N) is 1. The number of aromatic amines is 1. The molecule has 2 aliphatic rings. The average molecular weight is 360 g/mol. The fourth-order valence-electron chi connectivity index (χ4n) is 3.27. The van der Waals surface area contributed by atoms with Crippen LogP contribution in [0.5, 0.6) is 11.5 Å². The molecule has 0 bridgehead atoms. The van der Waals surface area contributed by atoms with Gasteiger partial charge in [0.25, 0.3) is 0 Å². The predicted molar refractivity (Wildman–Crippen MR) is 87.8 cm³/mol. The molecule has 2 N–H and O–H groups in total. The van der Waals surface area contributed by atoms with Gasteiger partial charge in [-0.05, 0) is 42.5 Å². The first kappa shape index (κ1) is 15.4. The van der Waals surface area contributed by atoms with Crippen LogP contribution < -0.4 is 14.8 Å². The summed E-state index contributed by atoms with van der Waals surface area (Å²) in [6.07, 6.45) is -1.67. The standard InChI is InChI=1S/C18H13F3N3O2/c19-18(20,21)11-7-22-17-15(11)10(9-4-5-9)6-14(24-17)23-12-2-1-3-13-16(12)26-8-25-13/h1-2,6-7,9H,4-5,8H2,(H2,22,23,24). The van der Waals surface area contributed by atoms with E-state index in [1.165, 1.54) is 0 Å². The highest BCUT2D eigenvalue weighted by molar-refractivity contribution is 5.87. The van der Waals surface area contributed by atoms with E-state index in [4.69, 9.17) is 9.47 Å². The normalized spacial score (nSPS) is 16.3. The minimum absolute atomic E-state index is 0.107. The molecule has 5 rings (SSSR count). The first-order valence-electron chi connectivity index (χ1n) is 8.17. The second-order valence-corrected chi connectivity index (χ2v) is 6.38. The molecular formula is C18H13F3N3O2. The molecule has 133 valence electrons. The Hall–Kier alpha value is -2.90. The molecule has 2 aromatic heterocycles. The molecule has 1 saturated carbocycles. The highest BCUT2D eigenvalue weighted by atomic mass is 19.4. The lowest BCUT2D eigenvalue weighted by Gasteiger charge is -2.12. The van der Waals surface area contributed by atoms with Gasteiger partial charge in [-0.3, -0.25) is 0 Å². The van der Waals surface area contributed by atoms with Crippen LogP contribution in [0.25, 0.3) is 11.0 Å². The van der Waals surface area contributed by atoms with E-state index in [9.17, 15) is 13.2 Å². The van der Waals surface area contributed by atoms with Crippen molar-refractivity contribution in [2.75, 3.05) is 12.1 Å². The molecule has 5 nitrogen and oxygen atoms in total. The van der Waals surface area contributed by atoms with Crippen molar-refractivity contribution in [3.05, 3.63) is 41.6 Å². The molecule has 26 heavy (non-hydrogen) atoms. The minimum atomic E-state index is -4.42. The largest absolute Gasteiger partial charge is 0.453 e. The van der Waals surface area contributed by atoms with E-state index in [-0.39, 0.29) is 23.7 Å². The van der Waals surface area contributed by atoms with Gasteiger partial charge in [-0.1, -0.05) is 0 Å². The number of pyridine rings is 1. The van der Waals surface area contributed by atoms with Gasteiger partial charge in [0.2, 0.25) is 6.79 Å². The van der Waals surface area contributed by atoms with Crippen molar-refractivity contribution < 1.29 is 22.6 Å². The SMILES string of the molecule is FC(F)(F)c1c[nH]c2nc(Nc3cc[c]c4c3OCO4)cc(C3CC3)c12. The summed E-state index contributed by atoms with van der Waals surface area (Å²) in [5.74, 6) is 1.61. The number of benzene rings is 1. The molecule has 0 atom stereocenters. The quantitative estimate of drug-likeness (QED) is 0.709. The van der Waals surface area contributed by atoms with Gasteiger partial charge in [0, 0.05) is 17.6 Å². The Kier molecular flexibility index (Phi) is 3.13. The van der Waals surface area contributed by atoms with Crippen LogP contribution in [0.15, 0.2) is 24.4 Å². The molecule has 1 fully saturated rings. The lowest BCUT2D eigenvalue weighted by molar-refractivity contribution is -0.136. The third kappa shape index (κ3) is 2.44. The smallest absolute Gasteiger partial charge is 0.418 e. The highest BCUT2D eigenvalue weighted by Gasteiger charge is 2.37. The number of fused-ring (bicyclic) bond motifs is 2. The lowest BCUT2D eigenvalue weighted by Crippen LogP contribution is -2.05. The second-order valence-electron chi connectivity index (χ2n) is 6.38. The summed E-state index contributed by atoms with van der Waals surface area (Å²) in [6, 6.07) is 8.06. The Balaban J connectivity index is 1.61. The van der Waals surface area contributed by atoms with Gasteiger partial charge in [-0.25, -0.2) is 4.98 Å². The van der Waals surface area contributed by atoms with Gasteiger partial charge in [0.05, 0.1) is 11.3 Å². The molecule has 0 spiro atoms. The van der Waals surface area contributed by atoms with Crippen LogP contribution in [0.4, 0.5) is 24.7 Å². The van der Waals surface area contributed by atoms with Crippen LogP contribution in [0.3, 0.4) is 0 Å². The van der Waals surface area contributed by atoms with Crippen LogP contribution >= 0.6 is 0 Å². The number of anilines is 2. The predicted octanol–water partition coefficient (Wildman–Crippen LogP) is 4.73. The summed E-state index contributed by atoms with van der Waals surface area (Å²) in [4.78, 5) is 6.99. The Morgan fingerprint density at radius 3 is 2.88 bits per heavy atom. The Morgan fingerprint density at radius 2 is 2.12 bits per heavy atom. The molecule has 0 amide bonds. The number of nitrogens with one attached hydrogen (secondary N) is 2. The Morgan fingerprint density at radius 1 is 1.27 bits per heavy atom. The Labute approximate surface area is 146 Å². The lowest BCUT2D eigenvalue weighted by atomic mass is 10.0. The minimum Gasteiger partial charge on any atom is -0.453 e. The third-order valence-electron chi connectivity index (χ3n) is 4.58. The van der Waals surface area contributed by atoms with E-state index < -0.39 is 11.7 Å². The van der Waals surface area contributed by atoms with Crippen molar-refractivity contribution >= 4 is 22.5 Å². The van der Waals surface area contributed by atoms with Gasteiger partial charge in [0.1, 0.15) is 11.5 Å². The van der Waals surface area contributed by atoms with E-state index in [2.05, 4.69) is 21.4 Å². The van der Waals surface area contributed by atoms with E-state index in [0.29, 0.717) is 28.6 Å². The number of hydrogen-bond acceptors (Lipinski definition) is 4. The van der Waals surface area contributed by atoms with Gasteiger partial charge in [-0.15, -0.1) is 0 Å². The maximum atomic E-state index is 13.3. The molecule has 3 aromatic rings. The van der Waals surface area contributed by atoms with Gasteiger partial charge in [-0.2, -0.15) is 13.2 Å². The maximum Gasteiger partial charge on any atom is 0.418 e. The number of H-pyrrole nitrogens is 1. The van der Waals surface area contributed by atoms with Crippen molar-refractivity contribution in [3.63, 3.8) is 0 Å². The molecule has 8 heteroatoms. The maximum absolute atomic E-state index is 13.3. The number of hydrogen-bond donors (Lipinski definition) is 2. The van der Waals surface area contributed by atoms with Crippen LogP contribution in [0.2, 0.25) is 0 Å². The van der Waals surface area contributed by atoms with Crippen LogP contribution in [-0.2, 0) is 6.18 Å². The number of alkyl halides is 3. The van der Waals surface area contributed by atoms with E-state index in [1.54, 1.807) is 18.2 Å². The first-order chi connectivity index (χ1) is 12.5. The van der Waals surface area contributed by atoms with Crippen LogP contribution in [0, 0.1) is 6.07 Å². The molecule has 0 saturated heterocycles. The fraction of sp³-hybridized carbons (Fsp3) is 0.278. The molecular weight excluding hydrogens is 347 g/mol. The Bertz CT molecular complexity index is 1010. The average Bonchev–Trinajstić information content (AvgIpc) is 3.15. The first-order valence-corrected chi connectivity index (χ1v) is 8.17. The second kappa shape index (κ2) is 5.30. The summed E-state index contributed by atoms with van der Waals surface area (Å²) in [5.41, 5.74) is 0.857. The monoisotopic (exact) mass is 360 g/mol. The molecule has 0 unspecified atom stereocenters. The van der Waals surface area contributed by atoms with Crippen molar-refractivity contribution in [1.82, 2.24) is 9.97 Å². The van der Waals surface area contributed by atoms with Crippen molar-refractivity contribution in [1.29, 1.82) is 0 Å². The molecule has 1 radical (unpaired) electrons.